The molecule has 1 aromatic heterocycles. The number of carbonyl (C=O) groups is 1. The SMILES string of the molecule is O=C([O-])CNc1nc(-c2ccccc2)c2cc(Br)ccc2n1. The highest BCUT2D eigenvalue weighted by Gasteiger charge is 2.10. The molecule has 3 rings (SSSR count). The lowest BCUT2D eigenvalue weighted by Crippen LogP contribution is -2.30. The minimum absolute atomic E-state index is 0.262. The minimum atomic E-state index is -1.21. The topological polar surface area (TPSA) is 77.9 Å². The summed E-state index contributed by atoms with van der Waals surface area (Å²) >= 11 is 3.45. The molecule has 0 radical (unpaired) electrons. The Morgan fingerprint density at radius 3 is 2.64 bits per heavy atom. The van der Waals surface area contributed by atoms with Gasteiger partial charge in [0.2, 0.25) is 5.95 Å². The van der Waals surface area contributed by atoms with Crippen LogP contribution in [0.5, 0.6) is 0 Å². The highest BCUT2D eigenvalue weighted by Crippen LogP contribution is 2.29. The Morgan fingerprint density at radius 2 is 1.91 bits per heavy atom. The van der Waals surface area contributed by atoms with E-state index in [0.29, 0.717) is 0 Å². The van der Waals surface area contributed by atoms with Crippen LogP contribution in [0, 0.1) is 0 Å². The van der Waals surface area contributed by atoms with Crippen LogP contribution < -0.4 is 10.4 Å². The highest BCUT2D eigenvalue weighted by molar-refractivity contribution is 9.10. The number of halogens is 1. The summed E-state index contributed by atoms with van der Waals surface area (Å²) in [4.78, 5) is 19.4. The standard InChI is InChI=1S/C16H12BrN3O2/c17-11-6-7-13-12(8-11)15(10-4-2-1-3-5-10)20-16(19-13)18-9-14(21)22/h1-8H,9H2,(H,21,22)(H,18,19,20)/p-1. The second kappa shape index (κ2) is 6.11. The first-order valence-corrected chi connectivity index (χ1v) is 7.39. The molecule has 2 aromatic carbocycles. The molecule has 0 bridgehead atoms. The van der Waals surface area contributed by atoms with Gasteiger partial charge in [0.05, 0.1) is 23.7 Å². The summed E-state index contributed by atoms with van der Waals surface area (Å²) in [6, 6.07) is 15.4. The molecule has 0 unspecified atom stereocenters. The Kier molecular flexibility index (Phi) is 4.02. The fourth-order valence-electron chi connectivity index (χ4n) is 2.15. The van der Waals surface area contributed by atoms with E-state index in [-0.39, 0.29) is 12.5 Å². The number of hydrogen-bond acceptors (Lipinski definition) is 5. The summed E-state index contributed by atoms with van der Waals surface area (Å²) in [7, 11) is 0. The number of aromatic nitrogens is 2. The van der Waals surface area contributed by atoms with Crippen LogP contribution in [-0.4, -0.2) is 22.5 Å². The largest absolute Gasteiger partial charge is 0.548 e. The van der Waals surface area contributed by atoms with Crippen molar-refractivity contribution in [1.29, 1.82) is 0 Å². The quantitative estimate of drug-likeness (QED) is 0.775. The van der Waals surface area contributed by atoms with E-state index < -0.39 is 5.97 Å². The summed E-state index contributed by atoms with van der Waals surface area (Å²) in [5.41, 5.74) is 2.41. The van der Waals surface area contributed by atoms with E-state index in [1.165, 1.54) is 0 Å². The molecule has 1 heterocycles. The predicted molar refractivity (Wildman–Crippen MR) is 86.2 cm³/mol. The molecule has 0 amide bonds. The summed E-state index contributed by atoms with van der Waals surface area (Å²) in [6.45, 7) is -0.337. The van der Waals surface area contributed by atoms with Gasteiger partial charge in [0.25, 0.3) is 0 Å². The Labute approximate surface area is 135 Å². The van der Waals surface area contributed by atoms with E-state index in [2.05, 4.69) is 31.2 Å². The average molecular weight is 357 g/mol. The molecule has 5 nitrogen and oxygen atoms in total. The van der Waals surface area contributed by atoms with Gasteiger partial charge >= 0.3 is 0 Å². The molecular weight excluding hydrogens is 346 g/mol. The maximum absolute atomic E-state index is 10.6. The molecule has 0 saturated carbocycles. The molecule has 22 heavy (non-hydrogen) atoms. The van der Waals surface area contributed by atoms with Gasteiger partial charge in [-0.3, -0.25) is 0 Å². The second-order valence-corrected chi connectivity index (χ2v) is 5.56. The number of hydrogen-bond donors (Lipinski definition) is 1. The van der Waals surface area contributed by atoms with Crippen molar-refractivity contribution in [3.05, 3.63) is 53.0 Å². The van der Waals surface area contributed by atoms with Gasteiger partial charge in [0.1, 0.15) is 0 Å². The van der Waals surface area contributed by atoms with Crippen molar-refractivity contribution in [2.24, 2.45) is 0 Å². The number of anilines is 1. The third kappa shape index (κ3) is 3.07. The Hall–Kier alpha value is -2.47. The fraction of sp³-hybridized carbons (Fsp3) is 0.0625. The van der Waals surface area contributed by atoms with Crippen LogP contribution in [0.3, 0.4) is 0 Å². The van der Waals surface area contributed by atoms with Crippen molar-refractivity contribution in [3.8, 4) is 11.3 Å². The maximum atomic E-state index is 10.6. The van der Waals surface area contributed by atoms with Gasteiger partial charge in [0.15, 0.2) is 0 Å². The van der Waals surface area contributed by atoms with E-state index in [0.717, 1.165) is 26.6 Å². The van der Waals surface area contributed by atoms with Crippen molar-refractivity contribution < 1.29 is 9.90 Å². The molecular formula is C16H11BrN3O2-. The molecule has 0 fully saturated rings. The first-order chi connectivity index (χ1) is 10.6. The van der Waals surface area contributed by atoms with E-state index in [1.54, 1.807) is 0 Å². The number of rotatable bonds is 4. The number of carboxylic acids is 1. The third-order valence-corrected chi connectivity index (χ3v) is 3.59. The predicted octanol–water partition coefficient (Wildman–Crippen LogP) is 2.22. The van der Waals surface area contributed by atoms with E-state index in [4.69, 9.17) is 0 Å². The molecule has 0 aliphatic heterocycles. The number of fused-ring (bicyclic) bond motifs is 1. The van der Waals surface area contributed by atoms with Gasteiger partial charge in [-0.25, -0.2) is 9.97 Å². The van der Waals surface area contributed by atoms with Crippen molar-refractivity contribution in [2.45, 2.75) is 0 Å². The van der Waals surface area contributed by atoms with Crippen LogP contribution in [0.1, 0.15) is 0 Å². The lowest BCUT2D eigenvalue weighted by molar-refractivity contribution is -0.302. The van der Waals surface area contributed by atoms with Crippen LogP contribution >= 0.6 is 15.9 Å². The van der Waals surface area contributed by atoms with Crippen LogP contribution in [0.4, 0.5) is 5.95 Å². The first-order valence-electron chi connectivity index (χ1n) is 6.60. The molecule has 0 saturated heterocycles. The fourth-order valence-corrected chi connectivity index (χ4v) is 2.51. The van der Waals surface area contributed by atoms with Crippen LogP contribution in [0.15, 0.2) is 53.0 Å². The molecule has 1 N–H and O–H groups in total. The van der Waals surface area contributed by atoms with E-state index >= 15 is 0 Å². The minimum Gasteiger partial charge on any atom is -0.548 e. The number of benzene rings is 2. The first kappa shape index (κ1) is 14.5. The number of nitrogens with zero attached hydrogens (tertiary/aromatic N) is 2. The lowest BCUT2D eigenvalue weighted by Gasteiger charge is -2.11. The third-order valence-electron chi connectivity index (χ3n) is 3.10. The zero-order chi connectivity index (χ0) is 15.5. The van der Waals surface area contributed by atoms with E-state index in [1.807, 2.05) is 48.5 Å². The monoisotopic (exact) mass is 356 g/mol. The molecule has 0 aliphatic carbocycles. The smallest absolute Gasteiger partial charge is 0.224 e. The zero-order valence-electron chi connectivity index (χ0n) is 11.4. The Balaban J connectivity index is 2.17. The van der Waals surface area contributed by atoms with Crippen LogP contribution in [-0.2, 0) is 4.79 Å². The van der Waals surface area contributed by atoms with Crippen LogP contribution in [0.25, 0.3) is 22.2 Å². The van der Waals surface area contributed by atoms with E-state index in [9.17, 15) is 9.90 Å². The average Bonchev–Trinajstić information content (AvgIpc) is 2.53. The van der Waals surface area contributed by atoms with Gasteiger partial charge < -0.3 is 15.2 Å². The van der Waals surface area contributed by atoms with Crippen molar-refractivity contribution in [1.82, 2.24) is 9.97 Å². The van der Waals surface area contributed by atoms with Gasteiger partial charge in [-0.1, -0.05) is 46.3 Å². The molecule has 0 spiro atoms. The molecule has 3 aromatic rings. The number of nitrogens with one attached hydrogen (secondary N) is 1. The zero-order valence-corrected chi connectivity index (χ0v) is 13.0. The summed E-state index contributed by atoms with van der Waals surface area (Å²) in [6.07, 6.45) is 0. The lowest BCUT2D eigenvalue weighted by atomic mass is 10.1. The number of carboxylic acid groups (broad SMARTS) is 1. The van der Waals surface area contributed by atoms with Crippen molar-refractivity contribution >= 4 is 38.8 Å². The summed E-state index contributed by atoms with van der Waals surface area (Å²) < 4.78 is 0.927. The Morgan fingerprint density at radius 1 is 1.14 bits per heavy atom. The number of carbonyl (C=O) groups excluding carboxylic acids is 1. The normalized spacial score (nSPS) is 10.6. The van der Waals surface area contributed by atoms with Gasteiger partial charge in [-0.15, -0.1) is 0 Å². The molecule has 0 aliphatic rings. The van der Waals surface area contributed by atoms with Gasteiger partial charge in [0, 0.05) is 15.4 Å². The maximum Gasteiger partial charge on any atom is 0.224 e. The van der Waals surface area contributed by atoms with Crippen molar-refractivity contribution in [2.75, 3.05) is 11.9 Å². The van der Waals surface area contributed by atoms with Gasteiger partial charge in [-0.2, -0.15) is 0 Å². The number of aliphatic carboxylic acids is 1. The molecule has 110 valence electrons. The van der Waals surface area contributed by atoms with Crippen LogP contribution in [0.2, 0.25) is 0 Å². The van der Waals surface area contributed by atoms with Crippen molar-refractivity contribution in [3.63, 3.8) is 0 Å². The summed E-state index contributed by atoms with van der Waals surface area (Å²) in [5.74, 6) is -0.946. The Bertz CT molecular complexity index is 837. The second-order valence-electron chi connectivity index (χ2n) is 4.65. The summed E-state index contributed by atoms with van der Waals surface area (Å²) in [5, 5.41) is 14.2. The van der Waals surface area contributed by atoms with Gasteiger partial charge in [-0.05, 0) is 18.2 Å². The molecule has 0 atom stereocenters. The molecule has 6 heteroatoms. The highest BCUT2D eigenvalue weighted by atomic mass is 79.9.